The normalized spacial score (nSPS) is 19.5. The molecule has 2 fully saturated rings. The number of carbonyl (C=O) groups is 2. The fraction of sp³-hybridized carbons (Fsp3) is 0.484. The van der Waals surface area contributed by atoms with Gasteiger partial charge >= 0.3 is 0 Å². The van der Waals surface area contributed by atoms with Crippen LogP contribution < -0.4 is 15.3 Å². The summed E-state index contributed by atoms with van der Waals surface area (Å²) in [6.07, 6.45) is 11.7. The maximum Gasteiger partial charge on any atom is 0.249 e. The quantitative estimate of drug-likeness (QED) is 0.322. The molecule has 1 heterocycles. The molecule has 10 heteroatoms. The molecule has 0 aromatic heterocycles. The van der Waals surface area contributed by atoms with Gasteiger partial charge in [0, 0.05) is 13.0 Å². The van der Waals surface area contributed by atoms with Crippen LogP contribution in [0.2, 0.25) is 0 Å². The van der Waals surface area contributed by atoms with Crippen molar-refractivity contribution in [3.8, 4) is 0 Å². The van der Waals surface area contributed by atoms with Crippen LogP contribution in [0.1, 0.15) is 63.4 Å². The molecule has 2 aliphatic rings. The molecule has 2 aromatic rings. The van der Waals surface area contributed by atoms with Crippen molar-refractivity contribution in [3.05, 3.63) is 72.3 Å². The second-order valence-corrected chi connectivity index (χ2v) is 12.7. The molecule has 1 saturated carbocycles. The number of nitrogens with zero attached hydrogens (tertiary/aromatic N) is 1. The highest BCUT2D eigenvalue weighted by molar-refractivity contribution is 7.92. The monoisotopic (exact) mass is 583 g/mol. The van der Waals surface area contributed by atoms with E-state index < -0.39 is 40.0 Å². The second kappa shape index (κ2) is 15.1. The molecule has 0 bridgehead atoms. The molecule has 1 aliphatic carbocycles. The zero-order valence-electron chi connectivity index (χ0n) is 23.6. The maximum absolute atomic E-state index is 14.0. The predicted octanol–water partition coefficient (Wildman–Crippen LogP) is 4.97. The highest BCUT2D eigenvalue weighted by atomic mass is 32.2. The molecule has 41 heavy (non-hydrogen) atoms. The number of hydroxylamine groups is 1. The molecular formula is C31H41N3O6S. The zero-order chi connectivity index (χ0) is 29.1. The molecule has 1 aliphatic heterocycles. The Bertz CT molecular complexity index is 1240. The lowest BCUT2D eigenvalue weighted by molar-refractivity contribution is -0.203. The van der Waals surface area contributed by atoms with Gasteiger partial charge in [0.25, 0.3) is 0 Å². The van der Waals surface area contributed by atoms with E-state index in [1.54, 1.807) is 30.3 Å². The van der Waals surface area contributed by atoms with Crippen molar-refractivity contribution in [2.24, 2.45) is 17.8 Å². The molecule has 2 aromatic carbocycles. The number of hydrogen-bond donors (Lipinski definition) is 2. The molecule has 0 spiro atoms. The van der Waals surface area contributed by atoms with Gasteiger partial charge in [-0.1, -0.05) is 86.4 Å². The van der Waals surface area contributed by atoms with Crippen molar-refractivity contribution < 1.29 is 27.6 Å². The summed E-state index contributed by atoms with van der Waals surface area (Å²) < 4.78 is 31.9. The maximum atomic E-state index is 14.0. The second-order valence-electron chi connectivity index (χ2n) is 10.9. The number of sulfonamides is 1. The van der Waals surface area contributed by atoms with Gasteiger partial charge in [-0.05, 0) is 49.3 Å². The van der Waals surface area contributed by atoms with E-state index in [0.717, 1.165) is 54.8 Å². The molecule has 222 valence electrons. The third-order valence-corrected chi connectivity index (χ3v) is 8.65. The van der Waals surface area contributed by atoms with Gasteiger partial charge in [-0.15, -0.1) is 0 Å². The number of rotatable bonds is 13. The summed E-state index contributed by atoms with van der Waals surface area (Å²) in [5, 5.41) is 0. The number of ether oxygens (including phenoxy) is 1. The summed E-state index contributed by atoms with van der Waals surface area (Å²) in [6, 6.07) is 18.1. The van der Waals surface area contributed by atoms with Crippen LogP contribution in [0.25, 0.3) is 6.08 Å². The van der Waals surface area contributed by atoms with Crippen LogP contribution in [0, 0.1) is 17.8 Å². The van der Waals surface area contributed by atoms with E-state index in [0.29, 0.717) is 25.1 Å². The average Bonchev–Trinajstić information content (AvgIpc) is 3.50. The van der Waals surface area contributed by atoms with Crippen molar-refractivity contribution in [2.75, 3.05) is 17.3 Å². The molecule has 9 nitrogen and oxygen atoms in total. The number of carbonyl (C=O) groups excluding carboxylic acids is 2. The third-order valence-electron chi connectivity index (χ3n) is 7.68. The smallest absolute Gasteiger partial charge is 0.249 e. The van der Waals surface area contributed by atoms with E-state index in [9.17, 15) is 18.0 Å². The van der Waals surface area contributed by atoms with Gasteiger partial charge < -0.3 is 4.74 Å². The van der Waals surface area contributed by atoms with Crippen molar-refractivity contribution in [3.63, 3.8) is 0 Å². The Morgan fingerprint density at radius 1 is 0.951 bits per heavy atom. The van der Waals surface area contributed by atoms with Gasteiger partial charge in [-0.25, -0.2) is 18.7 Å². The highest BCUT2D eigenvalue weighted by Gasteiger charge is 2.37. The summed E-state index contributed by atoms with van der Waals surface area (Å²) >= 11 is 0. The van der Waals surface area contributed by atoms with E-state index in [1.165, 1.54) is 0 Å². The van der Waals surface area contributed by atoms with Crippen molar-refractivity contribution in [1.82, 2.24) is 10.9 Å². The van der Waals surface area contributed by atoms with Crippen LogP contribution in [0.4, 0.5) is 5.69 Å². The van der Waals surface area contributed by atoms with E-state index in [1.807, 2.05) is 42.5 Å². The highest BCUT2D eigenvalue weighted by Crippen LogP contribution is 2.35. The Labute approximate surface area is 243 Å². The molecule has 2 N–H and O–H groups in total. The summed E-state index contributed by atoms with van der Waals surface area (Å²) in [4.78, 5) is 33.2. The van der Waals surface area contributed by atoms with Gasteiger partial charge in [0.05, 0.1) is 23.8 Å². The minimum atomic E-state index is -3.85. The van der Waals surface area contributed by atoms with Gasteiger partial charge in [-0.3, -0.25) is 15.0 Å². The summed E-state index contributed by atoms with van der Waals surface area (Å²) in [7, 11) is -3.85. The van der Waals surface area contributed by atoms with Gasteiger partial charge in [0.1, 0.15) is 0 Å². The largest absolute Gasteiger partial charge is 0.350 e. The molecule has 1 saturated heterocycles. The van der Waals surface area contributed by atoms with Crippen LogP contribution in [0.5, 0.6) is 0 Å². The van der Waals surface area contributed by atoms with Crippen LogP contribution in [-0.4, -0.2) is 39.4 Å². The Kier molecular flexibility index (Phi) is 11.4. The number of nitrogens with one attached hydrogen (secondary N) is 2. The van der Waals surface area contributed by atoms with Crippen LogP contribution in [0.3, 0.4) is 0 Å². The number of benzene rings is 2. The SMILES string of the molecule is CS(=O)(=O)N(NC(=O)C(CC1CCCC1)[C@@H](CC=Cc1ccccc1)C(=O)NO[C@H]1CCCCO1)c1ccccc1. The van der Waals surface area contributed by atoms with Crippen LogP contribution in [-0.2, 0) is 29.2 Å². The fourth-order valence-electron chi connectivity index (χ4n) is 5.52. The number of allylic oxidation sites excluding steroid dienone is 1. The van der Waals surface area contributed by atoms with Gasteiger partial charge in [0.15, 0.2) is 6.29 Å². The lowest BCUT2D eigenvalue weighted by atomic mass is 9.80. The Morgan fingerprint density at radius 3 is 2.24 bits per heavy atom. The molecule has 2 amide bonds. The standard InChI is InChI=1S/C31H41N3O6S/c1-41(37,38)34(26-18-6-3-7-19-26)32-30(35)28(23-25-15-8-9-16-25)27(20-12-17-24-13-4-2-5-14-24)31(36)33-40-29-21-10-11-22-39-29/h2-7,12-14,17-19,25,27-29H,8-11,15-16,20-23H2,1H3,(H,32,35)(H,33,36)/t27-,28?,29+/m1/s1. The topological polar surface area (TPSA) is 114 Å². The van der Waals surface area contributed by atoms with Crippen molar-refractivity contribution in [2.45, 2.75) is 64.1 Å². The van der Waals surface area contributed by atoms with Gasteiger partial charge in [-0.2, -0.15) is 4.41 Å². The molecular weight excluding hydrogens is 542 g/mol. The predicted molar refractivity (Wildman–Crippen MR) is 158 cm³/mol. The third kappa shape index (κ3) is 9.41. The van der Waals surface area contributed by atoms with E-state index in [-0.39, 0.29) is 12.3 Å². The van der Waals surface area contributed by atoms with Gasteiger partial charge in [0.2, 0.25) is 21.8 Å². The fourth-order valence-corrected chi connectivity index (χ4v) is 6.28. The molecule has 4 rings (SSSR count). The molecule has 3 atom stereocenters. The van der Waals surface area contributed by atoms with Crippen LogP contribution in [0.15, 0.2) is 66.7 Å². The summed E-state index contributed by atoms with van der Waals surface area (Å²) in [5.41, 5.74) is 6.49. The lowest BCUT2D eigenvalue weighted by Crippen LogP contribution is -2.51. The number of hydrogen-bond acceptors (Lipinski definition) is 6. The summed E-state index contributed by atoms with van der Waals surface area (Å²) in [5.74, 6) is -2.27. The number of amides is 2. The average molecular weight is 584 g/mol. The number of hydrazine groups is 1. The minimum Gasteiger partial charge on any atom is -0.350 e. The first kappa shape index (κ1) is 30.7. The number of anilines is 1. The van der Waals surface area contributed by atoms with E-state index in [2.05, 4.69) is 10.9 Å². The Morgan fingerprint density at radius 2 is 1.61 bits per heavy atom. The minimum absolute atomic E-state index is 0.268. The van der Waals surface area contributed by atoms with Crippen LogP contribution >= 0.6 is 0 Å². The lowest BCUT2D eigenvalue weighted by Gasteiger charge is -2.31. The van der Waals surface area contributed by atoms with Crippen molar-refractivity contribution in [1.29, 1.82) is 0 Å². The summed E-state index contributed by atoms with van der Waals surface area (Å²) in [6.45, 7) is 0.567. The van der Waals surface area contributed by atoms with E-state index >= 15 is 0 Å². The Balaban J connectivity index is 1.60. The first-order chi connectivity index (χ1) is 19.8. The molecule has 0 radical (unpaired) electrons. The molecule has 1 unspecified atom stereocenters. The number of para-hydroxylation sites is 1. The zero-order valence-corrected chi connectivity index (χ0v) is 24.4. The first-order valence-electron chi connectivity index (χ1n) is 14.5. The first-order valence-corrected chi connectivity index (χ1v) is 16.3. The van der Waals surface area contributed by atoms with E-state index in [4.69, 9.17) is 9.57 Å². The Hall–Kier alpha value is -3.21. The van der Waals surface area contributed by atoms with Crippen molar-refractivity contribution >= 4 is 33.6 Å².